The molecule has 1 atom stereocenters. The van der Waals surface area contributed by atoms with E-state index in [1.165, 1.54) is 0 Å². The fourth-order valence-electron chi connectivity index (χ4n) is 5.57. The number of H-pyrrole nitrogens is 1. The Balaban J connectivity index is 0.00000442. The Morgan fingerprint density at radius 2 is 1.64 bits per heavy atom. The van der Waals surface area contributed by atoms with Gasteiger partial charge in [-0.25, -0.2) is 0 Å². The van der Waals surface area contributed by atoms with E-state index in [0.29, 0.717) is 36.0 Å². The number of primary amides is 1. The van der Waals surface area contributed by atoms with Crippen LogP contribution in [-0.2, 0) is 16.0 Å². The molecule has 0 saturated heterocycles. The van der Waals surface area contributed by atoms with Gasteiger partial charge in [-0.15, -0.1) is 22.6 Å². The minimum absolute atomic E-state index is 0. The van der Waals surface area contributed by atoms with Crippen LogP contribution in [0.3, 0.4) is 0 Å². The summed E-state index contributed by atoms with van der Waals surface area (Å²) in [5.74, 6) is -0.113. The molecule has 0 unspecified atom stereocenters. The number of anilines is 1. The summed E-state index contributed by atoms with van der Waals surface area (Å²) in [6.45, 7) is 2.57. The van der Waals surface area contributed by atoms with Crippen molar-refractivity contribution in [2.45, 2.75) is 45.1 Å². The summed E-state index contributed by atoms with van der Waals surface area (Å²) < 4.78 is 0. The first-order valence-corrected chi connectivity index (χ1v) is 14.5. The zero-order valence-corrected chi connectivity index (χ0v) is 25.3. The van der Waals surface area contributed by atoms with Crippen LogP contribution < -0.4 is 22.1 Å². The zero-order valence-electron chi connectivity index (χ0n) is 24.5. The fourth-order valence-corrected chi connectivity index (χ4v) is 5.57. The average molecular weight is 617 g/mol. The molecule has 5 rings (SSSR count). The second kappa shape index (κ2) is 14.7. The van der Waals surface area contributed by atoms with E-state index in [1.54, 1.807) is 36.4 Å². The molecule has 0 radical (unpaired) electrons. The van der Waals surface area contributed by atoms with Gasteiger partial charge in [0, 0.05) is 29.2 Å². The lowest BCUT2D eigenvalue weighted by Gasteiger charge is -2.28. The molecule has 3 amide bonds. The van der Waals surface area contributed by atoms with E-state index in [9.17, 15) is 14.4 Å². The number of carbonyl (C=O) groups is 3. The maximum Gasteiger partial charge on any atom is 0.248 e. The first-order chi connectivity index (χ1) is 20.8. The normalized spacial score (nSPS) is 16.8. The monoisotopic (exact) mass is 616 g/mol. The molecule has 3 aromatic carbocycles. The molecule has 1 aliphatic rings. The van der Waals surface area contributed by atoms with Gasteiger partial charge in [0.15, 0.2) is 0 Å². The van der Waals surface area contributed by atoms with Crippen LogP contribution in [0, 0.1) is 18.8 Å². The molecule has 44 heavy (non-hydrogen) atoms. The highest BCUT2D eigenvalue weighted by Gasteiger charge is 2.29. The third kappa shape index (κ3) is 7.86. The maximum absolute atomic E-state index is 13.5. The number of carbonyl (C=O) groups excluding carboxylic acids is 3. The van der Waals surface area contributed by atoms with Crippen LogP contribution >= 0.6 is 12.4 Å². The molecular formula is C32H37ClN8O3. The van der Waals surface area contributed by atoms with E-state index in [-0.39, 0.29) is 30.1 Å². The second-order valence-corrected chi connectivity index (χ2v) is 11.1. The van der Waals surface area contributed by atoms with Crippen molar-refractivity contribution in [1.82, 2.24) is 25.9 Å². The van der Waals surface area contributed by atoms with Crippen LogP contribution in [0.15, 0.2) is 66.7 Å². The number of benzene rings is 3. The number of aryl methyl sites for hydroxylation is 1. The number of aromatic nitrogens is 4. The van der Waals surface area contributed by atoms with Crippen molar-refractivity contribution in [3.8, 4) is 22.5 Å². The molecule has 1 aliphatic carbocycles. The van der Waals surface area contributed by atoms with Gasteiger partial charge in [0.1, 0.15) is 6.04 Å². The van der Waals surface area contributed by atoms with Crippen molar-refractivity contribution in [3.05, 3.63) is 83.4 Å². The third-order valence-electron chi connectivity index (χ3n) is 8.16. The van der Waals surface area contributed by atoms with E-state index in [4.69, 9.17) is 11.5 Å². The highest BCUT2D eigenvalue weighted by molar-refractivity contribution is 5.98. The van der Waals surface area contributed by atoms with Crippen molar-refractivity contribution < 1.29 is 14.4 Å². The molecule has 11 nitrogen and oxygen atoms in total. The molecule has 4 aromatic rings. The predicted molar refractivity (Wildman–Crippen MR) is 171 cm³/mol. The zero-order chi connectivity index (χ0) is 30.3. The largest absolute Gasteiger partial charge is 0.366 e. The number of halogens is 1. The summed E-state index contributed by atoms with van der Waals surface area (Å²) in [4.78, 5) is 38.4. The lowest BCUT2D eigenvalue weighted by Crippen LogP contribution is -2.48. The van der Waals surface area contributed by atoms with Crippen LogP contribution in [0.25, 0.3) is 22.5 Å². The van der Waals surface area contributed by atoms with Crippen molar-refractivity contribution in [2.24, 2.45) is 23.3 Å². The summed E-state index contributed by atoms with van der Waals surface area (Å²) in [7, 11) is 0. The summed E-state index contributed by atoms with van der Waals surface area (Å²) in [6, 6.07) is 19.6. The lowest BCUT2D eigenvalue weighted by molar-refractivity contribution is -0.130. The second-order valence-electron chi connectivity index (χ2n) is 11.1. The highest BCUT2D eigenvalue weighted by Crippen LogP contribution is 2.29. The summed E-state index contributed by atoms with van der Waals surface area (Å²) in [5, 5.41) is 19.9. The third-order valence-corrected chi connectivity index (χ3v) is 8.16. The molecule has 1 heterocycles. The first-order valence-electron chi connectivity index (χ1n) is 14.5. The number of nitrogens with zero attached hydrogens (tertiary/aromatic N) is 3. The highest BCUT2D eigenvalue weighted by atomic mass is 35.5. The van der Waals surface area contributed by atoms with Crippen molar-refractivity contribution in [2.75, 3.05) is 11.9 Å². The van der Waals surface area contributed by atoms with Gasteiger partial charge in [-0.1, -0.05) is 30.3 Å². The quantitative estimate of drug-likeness (QED) is 0.179. The van der Waals surface area contributed by atoms with Crippen LogP contribution in [-0.4, -0.2) is 50.9 Å². The molecule has 1 aromatic heterocycles. The van der Waals surface area contributed by atoms with Gasteiger partial charge in [0.05, 0.1) is 0 Å². The fraction of sp³-hybridized carbons (Fsp3) is 0.312. The molecule has 0 bridgehead atoms. The Morgan fingerprint density at radius 1 is 0.955 bits per heavy atom. The maximum atomic E-state index is 13.5. The molecule has 1 saturated carbocycles. The van der Waals surface area contributed by atoms with Crippen LogP contribution in [0.1, 0.15) is 47.2 Å². The van der Waals surface area contributed by atoms with Crippen LogP contribution in [0.4, 0.5) is 5.69 Å². The van der Waals surface area contributed by atoms with Gasteiger partial charge in [0.2, 0.25) is 23.5 Å². The van der Waals surface area contributed by atoms with Gasteiger partial charge in [-0.05, 0) is 109 Å². The summed E-state index contributed by atoms with van der Waals surface area (Å²) >= 11 is 0. The Kier molecular flexibility index (Phi) is 10.8. The Morgan fingerprint density at radius 3 is 2.23 bits per heavy atom. The number of aromatic amines is 1. The van der Waals surface area contributed by atoms with Gasteiger partial charge in [-0.2, -0.15) is 5.21 Å². The van der Waals surface area contributed by atoms with Crippen LogP contribution in [0.5, 0.6) is 0 Å². The van der Waals surface area contributed by atoms with Gasteiger partial charge in [-0.3, -0.25) is 14.4 Å². The van der Waals surface area contributed by atoms with Gasteiger partial charge >= 0.3 is 0 Å². The molecule has 0 aliphatic heterocycles. The molecular weight excluding hydrogens is 580 g/mol. The van der Waals surface area contributed by atoms with E-state index >= 15 is 0 Å². The van der Waals surface area contributed by atoms with Crippen molar-refractivity contribution in [3.63, 3.8) is 0 Å². The summed E-state index contributed by atoms with van der Waals surface area (Å²) in [6.07, 6.45) is 3.68. The molecule has 1 fully saturated rings. The number of hydrogen-bond acceptors (Lipinski definition) is 7. The SMILES string of the molecule is Cc1cc(C(N)=O)ccc1-c1ccc(C[C@H](NC(=O)[C@H]2CC[C@H](CN)CC2)C(=O)Nc2ccc(-c3nn[nH]n3)cc2)cc1.Cl. The number of amides is 3. The van der Waals surface area contributed by atoms with E-state index in [2.05, 4.69) is 31.3 Å². The van der Waals surface area contributed by atoms with Crippen molar-refractivity contribution in [1.29, 1.82) is 0 Å². The predicted octanol–water partition coefficient (Wildman–Crippen LogP) is 3.79. The molecule has 230 valence electrons. The van der Waals surface area contributed by atoms with Gasteiger partial charge in [0.25, 0.3) is 0 Å². The first kappa shape index (κ1) is 32.3. The van der Waals surface area contributed by atoms with E-state index in [1.807, 2.05) is 37.3 Å². The molecule has 7 N–H and O–H groups in total. The van der Waals surface area contributed by atoms with Gasteiger partial charge < -0.3 is 22.1 Å². The molecule has 0 spiro atoms. The van der Waals surface area contributed by atoms with Crippen molar-refractivity contribution >= 4 is 35.8 Å². The van der Waals surface area contributed by atoms with E-state index < -0.39 is 11.9 Å². The molecule has 12 heteroatoms. The number of rotatable bonds is 10. The average Bonchev–Trinajstić information content (AvgIpc) is 3.57. The van der Waals surface area contributed by atoms with Crippen LogP contribution in [0.2, 0.25) is 0 Å². The van der Waals surface area contributed by atoms with E-state index in [0.717, 1.165) is 53.5 Å². The number of nitrogens with two attached hydrogens (primary N) is 2. The topological polar surface area (TPSA) is 182 Å². The minimum atomic E-state index is -0.779. The number of tetrazole rings is 1. The minimum Gasteiger partial charge on any atom is -0.366 e. The summed E-state index contributed by atoms with van der Waals surface area (Å²) in [5.41, 5.74) is 16.8. The smallest absolute Gasteiger partial charge is 0.248 e. The number of hydrogen-bond donors (Lipinski definition) is 5. The lowest BCUT2D eigenvalue weighted by atomic mass is 9.81. The number of nitrogens with one attached hydrogen (secondary N) is 3. The Hall–Kier alpha value is -4.61. The Bertz CT molecular complexity index is 1570. The standard InChI is InChI=1S/C32H36N8O3.ClH/c1-19-16-25(29(34)41)12-15-27(19)22-6-2-20(3-7-22)17-28(36-31(42)24-8-4-21(18-33)5-9-24)32(43)35-26-13-10-23(11-14-26)30-37-39-40-38-30;/h2-3,6-7,10-16,21,24,28H,4-5,8-9,17-18,33H2,1H3,(H2,34,41)(H,35,43)(H,36,42)(H,37,38,39,40);1H/t21-,24-,28-;/m0./s1. The Labute approximate surface area is 262 Å².